The third-order valence-electron chi connectivity index (χ3n) is 5.52. The van der Waals surface area contributed by atoms with Crippen molar-refractivity contribution in [3.63, 3.8) is 0 Å². The van der Waals surface area contributed by atoms with Crippen LogP contribution in [0, 0.1) is 29.6 Å². The molecule has 0 saturated heterocycles. The molecule has 0 aromatic heterocycles. The fourth-order valence-corrected chi connectivity index (χ4v) is 4.25. The van der Waals surface area contributed by atoms with E-state index in [-0.39, 0.29) is 24.3 Å². The van der Waals surface area contributed by atoms with Crippen molar-refractivity contribution in [2.75, 3.05) is 12.5 Å². The molecule has 2 aliphatic rings. The van der Waals surface area contributed by atoms with Crippen molar-refractivity contribution in [2.45, 2.75) is 46.5 Å². The topological polar surface area (TPSA) is 52.6 Å². The van der Waals surface area contributed by atoms with Gasteiger partial charge in [0.25, 0.3) is 0 Å². The van der Waals surface area contributed by atoms with Crippen molar-refractivity contribution in [3.05, 3.63) is 11.6 Å². The molecule has 0 aromatic carbocycles. The zero-order chi connectivity index (χ0) is 17.0. The Hall–Kier alpha value is -1.03. The monoisotopic (exact) mass is 342 g/mol. The highest BCUT2D eigenvalue weighted by atomic mass is 35.5. The van der Waals surface area contributed by atoms with Gasteiger partial charge in [-0.25, -0.2) is 4.79 Å². The van der Waals surface area contributed by atoms with E-state index < -0.39 is 12.1 Å². The molecule has 0 aliphatic heterocycles. The summed E-state index contributed by atoms with van der Waals surface area (Å²) in [4.78, 5) is 23.7. The lowest BCUT2D eigenvalue weighted by Gasteiger charge is -2.45. The SMILES string of the molecule is CC1=C[C@H]2[C@@H](CC1)[C@H](C)CC[C@H]2C(C)C(=O)OC(=O)OCCCl. The maximum atomic E-state index is 12.3. The van der Waals surface area contributed by atoms with Crippen LogP contribution in [-0.2, 0) is 14.3 Å². The number of allylic oxidation sites excluding steroid dienone is 2. The van der Waals surface area contributed by atoms with Gasteiger partial charge in [-0.2, -0.15) is 0 Å². The highest BCUT2D eigenvalue weighted by Gasteiger charge is 2.42. The fraction of sp³-hybridized carbons (Fsp3) is 0.778. The second-order valence-electron chi connectivity index (χ2n) is 7.01. The molecule has 4 nitrogen and oxygen atoms in total. The first-order valence-electron chi connectivity index (χ1n) is 8.55. The smallest absolute Gasteiger partial charge is 0.433 e. The maximum absolute atomic E-state index is 12.3. The van der Waals surface area contributed by atoms with Crippen molar-refractivity contribution in [3.8, 4) is 0 Å². The molecular formula is C18H27ClO4. The van der Waals surface area contributed by atoms with Gasteiger partial charge in [-0.3, -0.25) is 4.79 Å². The van der Waals surface area contributed by atoms with Gasteiger partial charge in [0.1, 0.15) is 6.61 Å². The molecule has 2 aliphatic carbocycles. The number of carbonyl (C=O) groups excluding carboxylic acids is 2. The average molecular weight is 343 g/mol. The summed E-state index contributed by atoms with van der Waals surface area (Å²) in [5.74, 6) is 1.37. The van der Waals surface area contributed by atoms with Crippen LogP contribution < -0.4 is 0 Å². The van der Waals surface area contributed by atoms with E-state index in [1.807, 2.05) is 6.92 Å². The Balaban J connectivity index is 2.02. The number of fused-ring (bicyclic) bond motifs is 1. The van der Waals surface area contributed by atoms with Crippen LogP contribution >= 0.6 is 11.6 Å². The van der Waals surface area contributed by atoms with Crippen LogP contribution in [0.1, 0.15) is 46.5 Å². The van der Waals surface area contributed by atoms with E-state index in [0.29, 0.717) is 17.8 Å². The van der Waals surface area contributed by atoms with Crippen molar-refractivity contribution < 1.29 is 19.1 Å². The summed E-state index contributed by atoms with van der Waals surface area (Å²) >= 11 is 5.45. The molecule has 5 heteroatoms. The second-order valence-corrected chi connectivity index (χ2v) is 7.39. The van der Waals surface area contributed by atoms with E-state index >= 15 is 0 Å². The number of hydrogen-bond donors (Lipinski definition) is 0. The Morgan fingerprint density at radius 2 is 2.09 bits per heavy atom. The number of alkyl halides is 1. The number of esters is 1. The van der Waals surface area contributed by atoms with Crippen LogP contribution in [0.4, 0.5) is 4.79 Å². The molecule has 2 rings (SSSR count). The summed E-state index contributed by atoms with van der Waals surface area (Å²) in [6.07, 6.45) is 5.89. The van der Waals surface area contributed by atoms with E-state index in [4.69, 9.17) is 21.1 Å². The molecule has 0 N–H and O–H groups in total. The predicted molar refractivity (Wildman–Crippen MR) is 89.2 cm³/mol. The van der Waals surface area contributed by atoms with E-state index in [9.17, 15) is 9.59 Å². The third-order valence-corrected chi connectivity index (χ3v) is 5.67. The van der Waals surface area contributed by atoms with E-state index in [0.717, 1.165) is 19.3 Å². The third kappa shape index (κ3) is 4.50. The molecule has 0 amide bonds. The van der Waals surface area contributed by atoms with Crippen LogP contribution in [0.5, 0.6) is 0 Å². The molecule has 5 atom stereocenters. The fourth-order valence-electron chi connectivity index (χ4n) is 4.17. The zero-order valence-corrected chi connectivity index (χ0v) is 15.0. The van der Waals surface area contributed by atoms with E-state index in [1.54, 1.807) is 0 Å². The molecule has 1 saturated carbocycles. The molecule has 0 bridgehead atoms. The van der Waals surface area contributed by atoms with Crippen molar-refractivity contribution in [2.24, 2.45) is 29.6 Å². The average Bonchev–Trinajstić information content (AvgIpc) is 2.52. The first-order valence-corrected chi connectivity index (χ1v) is 9.09. The van der Waals surface area contributed by atoms with E-state index in [1.165, 1.54) is 12.0 Å². The summed E-state index contributed by atoms with van der Waals surface area (Å²) in [5, 5.41) is 0. The summed E-state index contributed by atoms with van der Waals surface area (Å²) in [5.41, 5.74) is 1.41. The van der Waals surface area contributed by atoms with Gasteiger partial charge in [0, 0.05) is 0 Å². The van der Waals surface area contributed by atoms with Crippen LogP contribution in [0.15, 0.2) is 11.6 Å². The minimum atomic E-state index is -0.946. The molecule has 1 unspecified atom stereocenters. The molecule has 0 aromatic rings. The Labute approximate surface area is 143 Å². The van der Waals surface area contributed by atoms with Crippen LogP contribution in [0.3, 0.4) is 0 Å². The highest BCUT2D eigenvalue weighted by molar-refractivity contribution is 6.18. The molecular weight excluding hydrogens is 316 g/mol. The predicted octanol–water partition coefficient (Wildman–Crippen LogP) is 4.56. The van der Waals surface area contributed by atoms with Gasteiger partial charge in [-0.05, 0) is 49.9 Å². The summed E-state index contributed by atoms with van der Waals surface area (Å²) in [6.45, 7) is 6.40. The zero-order valence-electron chi connectivity index (χ0n) is 14.2. The van der Waals surface area contributed by atoms with Gasteiger partial charge in [0.15, 0.2) is 0 Å². The first kappa shape index (κ1) is 18.3. The summed E-state index contributed by atoms with van der Waals surface area (Å²) in [7, 11) is 0. The summed E-state index contributed by atoms with van der Waals surface area (Å²) < 4.78 is 9.54. The lowest BCUT2D eigenvalue weighted by Crippen LogP contribution is -2.40. The van der Waals surface area contributed by atoms with E-state index in [2.05, 4.69) is 19.9 Å². The summed E-state index contributed by atoms with van der Waals surface area (Å²) in [6, 6.07) is 0. The van der Waals surface area contributed by atoms with Gasteiger partial charge in [-0.1, -0.05) is 31.9 Å². The lowest BCUT2D eigenvalue weighted by atomic mass is 9.60. The second kappa shape index (κ2) is 8.18. The number of carbonyl (C=O) groups is 2. The molecule has 0 radical (unpaired) electrons. The number of hydrogen-bond acceptors (Lipinski definition) is 4. The number of rotatable bonds is 4. The minimum absolute atomic E-state index is 0.0512. The van der Waals surface area contributed by atoms with Crippen LogP contribution in [-0.4, -0.2) is 24.6 Å². The Kier molecular flexibility index (Phi) is 6.51. The molecule has 23 heavy (non-hydrogen) atoms. The van der Waals surface area contributed by atoms with Gasteiger partial charge < -0.3 is 9.47 Å². The quantitative estimate of drug-likeness (QED) is 0.325. The standard InChI is InChI=1S/C18H27ClO4/c1-11-4-6-14-12(2)5-7-15(16(14)10-11)13(3)17(20)23-18(21)22-9-8-19/h10,12-16H,4-9H2,1-3H3/t12-,13?,14+,15+,16+/m1/s1. The molecule has 0 spiro atoms. The molecule has 0 heterocycles. The molecule has 130 valence electrons. The minimum Gasteiger partial charge on any atom is -0.433 e. The van der Waals surface area contributed by atoms with Gasteiger partial charge >= 0.3 is 12.1 Å². The number of ether oxygens (including phenoxy) is 2. The highest BCUT2D eigenvalue weighted by Crippen LogP contribution is 2.48. The van der Waals surface area contributed by atoms with Gasteiger partial charge in [0.05, 0.1) is 11.8 Å². The van der Waals surface area contributed by atoms with Crippen molar-refractivity contribution in [1.82, 2.24) is 0 Å². The van der Waals surface area contributed by atoms with Crippen molar-refractivity contribution >= 4 is 23.7 Å². The normalized spacial score (nSPS) is 31.6. The van der Waals surface area contributed by atoms with Gasteiger partial charge in [-0.15, -0.1) is 11.6 Å². The maximum Gasteiger partial charge on any atom is 0.516 e. The Morgan fingerprint density at radius 3 is 2.78 bits per heavy atom. The molecule has 1 fully saturated rings. The Morgan fingerprint density at radius 1 is 1.35 bits per heavy atom. The van der Waals surface area contributed by atoms with Crippen molar-refractivity contribution in [1.29, 1.82) is 0 Å². The lowest BCUT2D eigenvalue weighted by molar-refractivity contribution is -0.147. The first-order chi connectivity index (χ1) is 10.9. The van der Waals surface area contributed by atoms with Crippen LogP contribution in [0.25, 0.3) is 0 Å². The van der Waals surface area contributed by atoms with Gasteiger partial charge in [0.2, 0.25) is 0 Å². The number of halogens is 1. The Bertz CT molecular complexity index is 474. The van der Waals surface area contributed by atoms with Crippen LogP contribution in [0.2, 0.25) is 0 Å². The largest absolute Gasteiger partial charge is 0.516 e.